The first kappa shape index (κ1) is 12.5. The highest BCUT2D eigenvalue weighted by Gasteiger charge is 2.07. The van der Waals surface area contributed by atoms with Gasteiger partial charge in [-0.2, -0.15) is 0 Å². The van der Waals surface area contributed by atoms with E-state index in [4.69, 9.17) is 0 Å². The number of aromatic hydroxyl groups is 1. The second-order valence-electron chi connectivity index (χ2n) is 4.14. The molecule has 0 fully saturated rings. The van der Waals surface area contributed by atoms with Gasteiger partial charge in [0.2, 0.25) is 5.91 Å². The molecule has 2 N–H and O–H groups in total. The Morgan fingerprint density at radius 2 is 2.19 bits per heavy atom. The largest absolute Gasteiger partial charge is 0.506 e. The number of carbonyl (C=O) groups excluding carboxylic acids is 1. The number of carbonyl (C=O) groups is 1. The topological polar surface area (TPSA) is 49.3 Å². The van der Waals surface area contributed by atoms with E-state index < -0.39 is 5.82 Å². The van der Waals surface area contributed by atoms with Crippen molar-refractivity contribution in [1.29, 1.82) is 0 Å². The lowest BCUT2D eigenvalue weighted by atomic mass is 10.1. The lowest BCUT2D eigenvalue weighted by molar-refractivity contribution is -0.116. The van der Waals surface area contributed by atoms with Crippen LogP contribution in [0.5, 0.6) is 5.75 Å². The number of phenolic OH excluding ortho intramolecular Hbond substituents is 1. The number of hydrogen-bond acceptors (Lipinski definition) is 2. The van der Waals surface area contributed by atoms with Crippen molar-refractivity contribution >= 4 is 11.6 Å². The van der Waals surface area contributed by atoms with Crippen LogP contribution in [0.1, 0.15) is 26.7 Å². The molecule has 4 heteroatoms. The quantitative estimate of drug-likeness (QED) is 0.774. The van der Waals surface area contributed by atoms with Crippen LogP contribution in [-0.4, -0.2) is 11.0 Å². The first-order chi connectivity index (χ1) is 7.49. The molecule has 0 aliphatic carbocycles. The Balaban J connectivity index is 2.56. The highest BCUT2D eigenvalue weighted by atomic mass is 19.1. The molecule has 0 heterocycles. The third-order valence-corrected chi connectivity index (χ3v) is 2.18. The summed E-state index contributed by atoms with van der Waals surface area (Å²) < 4.78 is 12.7. The molecule has 16 heavy (non-hydrogen) atoms. The smallest absolute Gasteiger partial charge is 0.224 e. The van der Waals surface area contributed by atoms with Gasteiger partial charge < -0.3 is 10.4 Å². The molecule has 0 bridgehead atoms. The fraction of sp³-hybridized carbons (Fsp3) is 0.417. The van der Waals surface area contributed by atoms with Crippen molar-refractivity contribution in [3.05, 3.63) is 24.0 Å². The summed E-state index contributed by atoms with van der Waals surface area (Å²) in [7, 11) is 0. The first-order valence-corrected chi connectivity index (χ1v) is 5.27. The number of rotatable bonds is 4. The van der Waals surface area contributed by atoms with Crippen molar-refractivity contribution in [2.45, 2.75) is 26.7 Å². The van der Waals surface area contributed by atoms with Gasteiger partial charge in [-0.05, 0) is 24.5 Å². The van der Waals surface area contributed by atoms with Crippen LogP contribution in [0, 0.1) is 11.7 Å². The lowest BCUT2D eigenvalue weighted by Gasteiger charge is -2.08. The molecule has 0 saturated carbocycles. The lowest BCUT2D eigenvalue weighted by Crippen LogP contribution is -2.12. The van der Waals surface area contributed by atoms with Gasteiger partial charge in [0.15, 0.2) is 0 Å². The molecule has 0 saturated heterocycles. The van der Waals surface area contributed by atoms with Gasteiger partial charge >= 0.3 is 0 Å². The Morgan fingerprint density at radius 1 is 1.50 bits per heavy atom. The molecule has 1 aromatic rings. The maximum atomic E-state index is 12.7. The van der Waals surface area contributed by atoms with Crippen molar-refractivity contribution in [2.24, 2.45) is 5.92 Å². The van der Waals surface area contributed by atoms with E-state index in [9.17, 15) is 14.3 Å². The van der Waals surface area contributed by atoms with E-state index in [1.807, 2.05) is 13.8 Å². The molecule has 0 unspecified atom stereocenters. The molecular formula is C12H16FNO2. The number of hydrogen-bond donors (Lipinski definition) is 2. The van der Waals surface area contributed by atoms with Crippen molar-refractivity contribution in [3.8, 4) is 5.75 Å². The van der Waals surface area contributed by atoms with Gasteiger partial charge in [-0.25, -0.2) is 4.39 Å². The second kappa shape index (κ2) is 5.49. The summed E-state index contributed by atoms with van der Waals surface area (Å²) in [6.45, 7) is 4.06. The van der Waals surface area contributed by atoms with Crippen LogP contribution in [0.4, 0.5) is 10.1 Å². The van der Waals surface area contributed by atoms with Crippen molar-refractivity contribution in [3.63, 3.8) is 0 Å². The van der Waals surface area contributed by atoms with Gasteiger partial charge in [0.05, 0.1) is 5.69 Å². The molecule has 0 aliphatic heterocycles. The van der Waals surface area contributed by atoms with E-state index in [2.05, 4.69) is 5.32 Å². The zero-order valence-electron chi connectivity index (χ0n) is 9.46. The Morgan fingerprint density at radius 3 is 2.75 bits per heavy atom. The van der Waals surface area contributed by atoms with Gasteiger partial charge in [0.25, 0.3) is 0 Å². The molecule has 0 spiro atoms. The van der Waals surface area contributed by atoms with E-state index in [1.54, 1.807) is 0 Å². The molecule has 3 nitrogen and oxygen atoms in total. The predicted molar refractivity (Wildman–Crippen MR) is 60.8 cm³/mol. The number of nitrogens with one attached hydrogen (secondary N) is 1. The number of anilines is 1. The highest BCUT2D eigenvalue weighted by Crippen LogP contribution is 2.23. The average molecular weight is 225 g/mol. The number of phenols is 1. The van der Waals surface area contributed by atoms with Gasteiger partial charge in [0, 0.05) is 12.5 Å². The monoisotopic (exact) mass is 225 g/mol. The summed E-state index contributed by atoms with van der Waals surface area (Å²) in [5, 5.41) is 11.9. The zero-order chi connectivity index (χ0) is 12.1. The third-order valence-electron chi connectivity index (χ3n) is 2.18. The first-order valence-electron chi connectivity index (χ1n) is 5.27. The van der Waals surface area contributed by atoms with E-state index in [0.29, 0.717) is 12.3 Å². The number of benzene rings is 1. The average Bonchev–Trinajstić information content (AvgIpc) is 2.19. The Labute approximate surface area is 94.3 Å². The minimum absolute atomic E-state index is 0.171. The van der Waals surface area contributed by atoms with Crippen molar-refractivity contribution in [1.82, 2.24) is 0 Å². The van der Waals surface area contributed by atoms with Crippen molar-refractivity contribution in [2.75, 3.05) is 5.32 Å². The second-order valence-corrected chi connectivity index (χ2v) is 4.14. The summed E-state index contributed by atoms with van der Waals surface area (Å²) in [4.78, 5) is 11.4. The standard InChI is InChI=1S/C12H16FNO2/c1-8(2)3-6-12(16)14-10-5-4-9(13)7-11(10)15/h4-5,7-8,15H,3,6H2,1-2H3,(H,14,16). The van der Waals surface area contributed by atoms with Crippen LogP contribution in [0.3, 0.4) is 0 Å². The maximum absolute atomic E-state index is 12.7. The van der Waals surface area contributed by atoms with Gasteiger partial charge in [-0.1, -0.05) is 13.8 Å². The summed E-state index contributed by atoms with van der Waals surface area (Å²) in [6, 6.07) is 3.51. The molecule has 0 aliphatic rings. The van der Waals surface area contributed by atoms with Crippen LogP contribution in [0.2, 0.25) is 0 Å². The minimum atomic E-state index is -0.530. The molecule has 1 rings (SSSR count). The fourth-order valence-electron chi connectivity index (χ4n) is 1.24. The Kier molecular flexibility index (Phi) is 4.28. The van der Waals surface area contributed by atoms with Crippen LogP contribution < -0.4 is 5.32 Å². The van der Waals surface area contributed by atoms with Crippen molar-refractivity contribution < 1.29 is 14.3 Å². The van der Waals surface area contributed by atoms with Gasteiger partial charge in [-0.15, -0.1) is 0 Å². The van der Waals surface area contributed by atoms with Crippen LogP contribution in [0.15, 0.2) is 18.2 Å². The molecular weight excluding hydrogens is 209 g/mol. The van der Waals surface area contributed by atoms with E-state index >= 15 is 0 Å². The maximum Gasteiger partial charge on any atom is 0.224 e. The summed E-state index contributed by atoms with van der Waals surface area (Å²) in [6.07, 6.45) is 1.18. The van der Waals surface area contributed by atoms with E-state index in [-0.39, 0.29) is 17.3 Å². The van der Waals surface area contributed by atoms with Crippen LogP contribution in [-0.2, 0) is 4.79 Å². The number of halogens is 1. The molecule has 1 amide bonds. The Bertz CT molecular complexity index is 377. The van der Waals surface area contributed by atoms with E-state index in [0.717, 1.165) is 12.5 Å². The SMILES string of the molecule is CC(C)CCC(=O)Nc1ccc(F)cc1O. The van der Waals surface area contributed by atoms with Gasteiger partial charge in [-0.3, -0.25) is 4.79 Å². The zero-order valence-corrected chi connectivity index (χ0v) is 9.46. The summed E-state index contributed by atoms with van der Waals surface area (Å²) in [5.74, 6) is -0.501. The summed E-state index contributed by atoms with van der Waals surface area (Å²) >= 11 is 0. The minimum Gasteiger partial charge on any atom is -0.506 e. The Hall–Kier alpha value is -1.58. The van der Waals surface area contributed by atoms with Crippen LogP contribution >= 0.6 is 0 Å². The normalized spacial score (nSPS) is 10.5. The van der Waals surface area contributed by atoms with Crippen LogP contribution in [0.25, 0.3) is 0 Å². The van der Waals surface area contributed by atoms with Gasteiger partial charge in [0.1, 0.15) is 11.6 Å². The molecule has 0 aromatic heterocycles. The molecule has 0 atom stereocenters. The predicted octanol–water partition coefficient (Wildman–Crippen LogP) is 2.91. The van der Waals surface area contributed by atoms with E-state index in [1.165, 1.54) is 12.1 Å². The number of amides is 1. The highest BCUT2D eigenvalue weighted by molar-refractivity contribution is 5.92. The summed E-state index contributed by atoms with van der Waals surface area (Å²) in [5.41, 5.74) is 0.246. The third kappa shape index (κ3) is 3.88. The fourth-order valence-corrected chi connectivity index (χ4v) is 1.24. The molecule has 0 radical (unpaired) electrons. The molecule has 88 valence electrons. The molecule has 1 aromatic carbocycles.